The topological polar surface area (TPSA) is 15.3 Å². The second-order valence-corrected chi connectivity index (χ2v) is 6.91. The van der Waals surface area contributed by atoms with Crippen molar-refractivity contribution in [3.63, 3.8) is 0 Å². The van der Waals surface area contributed by atoms with Gasteiger partial charge in [-0.1, -0.05) is 20.8 Å². The van der Waals surface area contributed by atoms with Crippen LogP contribution in [-0.4, -0.2) is 36.1 Å². The van der Waals surface area contributed by atoms with Gasteiger partial charge in [-0.15, -0.1) is 0 Å². The van der Waals surface area contributed by atoms with Gasteiger partial charge in [0, 0.05) is 31.2 Å². The number of rotatable bonds is 5. The van der Waals surface area contributed by atoms with E-state index in [-0.39, 0.29) is 0 Å². The zero-order chi connectivity index (χ0) is 12.5. The van der Waals surface area contributed by atoms with Crippen molar-refractivity contribution in [1.29, 1.82) is 0 Å². The molecule has 2 nitrogen and oxygen atoms in total. The van der Waals surface area contributed by atoms with E-state index in [1.165, 1.54) is 45.3 Å². The summed E-state index contributed by atoms with van der Waals surface area (Å²) >= 11 is 0. The molecule has 2 atom stereocenters. The van der Waals surface area contributed by atoms with Gasteiger partial charge in [-0.25, -0.2) is 0 Å². The molecule has 2 rings (SSSR count). The molecule has 1 aliphatic carbocycles. The van der Waals surface area contributed by atoms with E-state index < -0.39 is 0 Å². The van der Waals surface area contributed by atoms with E-state index in [1.807, 2.05) is 0 Å². The molecule has 1 saturated carbocycles. The molecule has 0 spiro atoms. The summed E-state index contributed by atoms with van der Waals surface area (Å²) in [6.45, 7) is 13.2. The predicted octanol–water partition coefficient (Wildman–Crippen LogP) is 2.89. The van der Waals surface area contributed by atoms with Crippen molar-refractivity contribution in [1.82, 2.24) is 10.2 Å². The number of hydrogen-bond acceptors (Lipinski definition) is 2. The van der Waals surface area contributed by atoms with Crippen LogP contribution in [0.15, 0.2) is 0 Å². The summed E-state index contributed by atoms with van der Waals surface area (Å²) in [5.74, 6) is 1.82. The Labute approximate surface area is 107 Å². The summed E-state index contributed by atoms with van der Waals surface area (Å²) < 4.78 is 0. The van der Waals surface area contributed by atoms with Crippen molar-refractivity contribution in [2.24, 2.45) is 11.8 Å². The summed E-state index contributed by atoms with van der Waals surface area (Å²) in [6, 6.07) is 0.716. The Bertz CT molecular complexity index is 247. The van der Waals surface area contributed by atoms with Crippen LogP contribution >= 0.6 is 0 Å². The van der Waals surface area contributed by atoms with Crippen molar-refractivity contribution < 1.29 is 0 Å². The van der Waals surface area contributed by atoms with Crippen LogP contribution in [0.1, 0.15) is 53.4 Å². The van der Waals surface area contributed by atoms with E-state index in [9.17, 15) is 0 Å². The first kappa shape index (κ1) is 13.4. The maximum absolute atomic E-state index is 3.77. The monoisotopic (exact) mass is 238 g/mol. The van der Waals surface area contributed by atoms with E-state index in [0.29, 0.717) is 11.6 Å². The minimum absolute atomic E-state index is 0.399. The van der Waals surface area contributed by atoms with E-state index >= 15 is 0 Å². The average Bonchev–Trinajstić information content (AvgIpc) is 3.06. The molecule has 2 fully saturated rings. The Hall–Kier alpha value is -0.0800. The predicted molar refractivity (Wildman–Crippen MR) is 74.2 cm³/mol. The normalized spacial score (nSPS) is 35.5. The highest BCUT2D eigenvalue weighted by atomic mass is 15.3. The van der Waals surface area contributed by atoms with Crippen LogP contribution in [0.25, 0.3) is 0 Å². The largest absolute Gasteiger partial charge is 0.311 e. The van der Waals surface area contributed by atoms with Crippen molar-refractivity contribution in [2.45, 2.75) is 65.0 Å². The van der Waals surface area contributed by atoms with Crippen LogP contribution in [0.3, 0.4) is 0 Å². The third kappa shape index (κ3) is 3.45. The Morgan fingerprint density at radius 3 is 2.59 bits per heavy atom. The van der Waals surface area contributed by atoms with Crippen molar-refractivity contribution in [2.75, 3.05) is 19.6 Å². The van der Waals surface area contributed by atoms with Crippen LogP contribution in [-0.2, 0) is 0 Å². The zero-order valence-corrected chi connectivity index (χ0v) is 12.1. The highest BCUT2D eigenvalue weighted by Gasteiger charge is 2.38. The lowest BCUT2D eigenvalue weighted by Crippen LogP contribution is -2.63. The first-order chi connectivity index (χ1) is 8.03. The molecule has 17 heavy (non-hydrogen) atoms. The molecule has 2 aliphatic rings. The Balaban J connectivity index is 1.94. The van der Waals surface area contributed by atoms with Gasteiger partial charge in [0.05, 0.1) is 0 Å². The maximum atomic E-state index is 3.77. The molecule has 1 heterocycles. The van der Waals surface area contributed by atoms with E-state index in [2.05, 4.69) is 37.9 Å². The third-order valence-corrected chi connectivity index (χ3v) is 4.67. The summed E-state index contributed by atoms with van der Waals surface area (Å²) in [5, 5.41) is 3.77. The fourth-order valence-electron chi connectivity index (χ4n) is 3.01. The van der Waals surface area contributed by atoms with Gasteiger partial charge in [0.1, 0.15) is 0 Å². The van der Waals surface area contributed by atoms with Gasteiger partial charge in [-0.05, 0) is 44.4 Å². The number of piperazine rings is 1. The maximum Gasteiger partial charge on any atom is 0.0304 e. The minimum Gasteiger partial charge on any atom is -0.311 e. The molecule has 0 bridgehead atoms. The van der Waals surface area contributed by atoms with Crippen LogP contribution in [0.2, 0.25) is 0 Å². The lowest BCUT2D eigenvalue weighted by atomic mass is 9.89. The number of nitrogens with zero attached hydrogens (tertiary/aromatic N) is 1. The fraction of sp³-hybridized carbons (Fsp3) is 1.00. The lowest BCUT2D eigenvalue weighted by molar-refractivity contribution is 0.0403. The quantitative estimate of drug-likeness (QED) is 0.792. The Morgan fingerprint density at radius 2 is 2.06 bits per heavy atom. The molecular formula is C15H30N2. The first-order valence-electron chi connectivity index (χ1n) is 7.52. The van der Waals surface area contributed by atoms with Gasteiger partial charge in [0.15, 0.2) is 0 Å². The molecule has 1 N–H and O–H groups in total. The summed E-state index contributed by atoms with van der Waals surface area (Å²) in [6.07, 6.45) is 5.53. The van der Waals surface area contributed by atoms with E-state index in [0.717, 1.165) is 11.8 Å². The summed E-state index contributed by atoms with van der Waals surface area (Å²) in [4.78, 5) is 2.79. The van der Waals surface area contributed by atoms with Gasteiger partial charge < -0.3 is 5.32 Å². The smallest absolute Gasteiger partial charge is 0.0304 e. The van der Waals surface area contributed by atoms with Gasteiger partial charge in [0.25, 0.3) is 0 Å². The van der Waals surface area contributed by atoms with Gasteiger partial charge in [-0.2, -0.15) is 0 Å². The van der Waals surface area contributed by atoms with Crippen molar-refractivity contribution >= 4 is 0 Å². The molecule has 100 valence electrons. The van der Waals surface area contributed by atoms with Gasteiger partial charge in [0.2, 0.25) is 0 Å². The van der Waals surface area contributed by atoms with E-state index in [1.54, 1.807) is 0 Å². The van der Waals surface area contributed by atoms with Crippen LogP contribution in [0.4, 0.5) is 0 Å². The lowest BCUT2D eigenvalue weighted by Gasteiger charge is -2.48. The molecule has 1 saturated heterocycles. The molecule has 0 radical (unpaired) electrons. The Kier molecular flexibility index (Phi) is 4.14. The zero-order valence-electron chi connectivity index (χ0n) is 12.1. The SMILES string of the molecule is CCC1(C)CNC(CC(C)C)CN1CC1CC1. The summed E-state index contributed by atoms with van der Waals surface area (Å²) in [7, 11) is 0. The second-order valence-electron chi connectivity index (χ2n) is 6.91. The first-order valence-corrected chi connectivity index (χ1v) is 7.52. The molecule has 0 aromatic carbocycles. The second kappa shape index (κ2) is 5.27. The van der Waals surface area contributed by atoms with Gasteiger partial charge >= 0.3 is 0 Å². The fourth-order valence-corrected chi connectivity index (χ4v) is 3.01. The van der Waals surface area contributed by atoms with Crippen LogP contribution < -0.4 is 5.32 Å². The Morgan fingerprint density at radius 1 is 1.35 bits per heavy atom. The minimum atomic E-state index is 0.399. The molecule has 0 aromatic heterocycles. The molecule has 0 amide bonds. The van der Waals surface area contributed by atoms with Crippen molar-refractivity contribution in [3.05, 3.63) is 0 Å². The molecule has 2 heteroatoms. The third-order valence-electron chi connectivity index (χ3n) is 4.67. The van der Waals surface area contributed by atoms with Crippen LogP contribution in [0.5, 0.6) is 0 Å². The van der Waals surface area contributed by atoms with E-state index in [4.69, 9.17) is 0 Å². The molecular weight excluding hydrogens is 208 g/mol. The van der Waals surface area contributed by atoms with Crippen molar-refractivity contribution in [3.8, 4) is 0 Å². The molecule has 0 aromatic rings. The highest BCUT2D eigenvalue weighted by Crippen LogP contribution is 2.34. The van der Waals surface area contributed by atoms with Gasteiger partial charge in [-0.3, -0.25) is 4.90 Å². The molecule has 2 unspecified atom stereocenters. The highest BCUT2D eigenvalue weighted by molar-refractivity contribution is 4.97. The standard InChI is InChI=1S/C15H30N2/c1-5-15(4)11-16-14(8-12(2)3)10-17(15)9-13-6-7-13/h12-14,16H,5-11H2,1-4H3. The van der Waals surface area contributed by atoms with Crippen LogP contribution in [0, 0.1) is 11.8 Å². The number of nitrogens with one attached hydrogen (secondary N) is 1. The molecule has 1 aliphatic heterocycles. The average molecular weight is 238 g/mol. The summed E-state index contributed by atoms with van der Waals surface area (Å²) in [5.41, 5.74) is 0.399. The number of hydrogen-bond donors (Lipinski definition) is 1.